The van der Waals surface area contributed by atoms with E-state index >= 15 is 0 Å². The minimum absolute atomic E-state index is 0.109. The van der Waals surface area contributed by atoms with Gasteiger partial charge in [-0.15, -0.1) is 0 Å². The molecule has 0 saturated heterocycles. The summed E-state index contributed by atoms with van der Waals surface area (Å²) in [7, 11) is 0. The number of benzene rings is 1. The van der Waals surface area contributed by atoms with E-state index in [0.29, 0.717) is 33.8 Å². The molecule has 1 N–H and O–H groups in total. The minimum atomic E-state index is -4.38. The number of carbonyl (C=O) groups is 1. The Kier molecular flexibility index (Phi) is 4.91. The Bertz CT molecular complexity index is 949. The van der Waals surface area contributed by atoms with Gasteiger partial charge in [-0.05, 0) is 36.2 Å². The second kappa shape index (κ2) is 6.99. The van der Waals surface area contributed by atoms with E-state index < -0.39 is 11.7 Å². The first-order valence-corrected chi connectivity index (χ1v) is 8.28. The van der Waals surface area contributed by atoms with E-state index in [9.17, 15) is 18.0 Å². The quantitative estimate of drug-likeness (QED) is 0.723. The monoisotopic (exact) mass is 381 g/mol. The van der Waals surface area contributed by atoms with Crippen LogP contribution in [0.3, 0.4) is 0 Å². The molecule has 136 valence electrons. The number of amides is 1. The predicted molar refractivity (Wildman–Crippen MR) is 92.2 cm³/mol. The highest BCUT2D eigenvalue weighted by atomic mass is 35.5. The van der Waals surface area contributed by atoms with E-state index in [-0.39, 0.29) is 12.5 Å². The number of rotatable bonds is 4. The van der Waals surface area contributed by atoms with Gasteiger partial charge in [-0.25, -0.2) is 4.52 Å². The maximum Gasteiger partial charge on any atom is 0.416 e. The van der Waals surface area contributed by atoms with Crippen molar-refractivity contribution in [2.45, 2.75) is 26.1 Å². The van der Waals surface area contributed by atoms with E-state index in [4.69, 9.17) is 11.6 Å². The maximum absolute atomic E-state index is 12.6. The fourth-order valence-corrected chi connectivity index (χ4v) is 2.81. The van der Waals surface area contributed by atoms with Gasteiger partial charge < -0.3 is 5.32 Å². The number of fused-ring (bicyclic) bond motifs is 1. The van der Waals surface area contributed by atoms with Gasteiger partial charge in [-0.1, -0.05) is 30.7 Å². The summed E-state index contributed by atoms with van der Waals surface area (Å²) in [5.41, 5.74) is 1.47. The van der Waals surface area contributed by atoms with Gasteiger partial charge in [0.05, 0.1) is 22.3 Å². The lowest BCUT2D eigenvalue weighted by Crippen LogP contribution is -2.23. The number of aromatic nitrogens is 2. The van der Waals surface area contributed by atoms with Crippen LogP contribution in [0.15, 0.2) is 42.6 Å². The summed E-state index contributed by atoms with van der Waals surface area (Å²) < 4.78 is 39.4. The van der Waals surface area contributed by atoms with E-state index in [1.54, 1.807) is 22.8 Å². The summed E-state index contributed by atoms with van der Waals surface area (Å²) in [6.45, 7) is 1.99. The molecule has 2 heterocycles. The number of carbonyl (C=O) groups excluding carboxylic acids is 1. The minimum Gasteiger partial charge on any atom is -0.348 e. The predicted octanol–water partition coefficient (Wildman–Crippen LogP) is 4.50. The number of halogens is 4. The van der Waals surface area contributed by atoms with Gasteiger partial charge in [0.1, 0.15) is 0 Å². The summed E-state index contributed by atoms with van der Waals surface area (Å²) in [4.78, 5) is 12.6. The van der Waals surface area contributed by atoms with Gasteiger partial charge in [-0.3, -0.25) is 4.79 Å². The number of aryl methyl sites for hydroxylation is 1. The molecule has 0 bridgehead atoms. The summed E-state index contributed by atoms with van der Waals surface area (Å²) in [6, 6.07) is 8.00. The van der Waals surface area contributed by atoms with Gasteiger partial charge in [0, 0.05) is 17.8 Å². The van der Waals surface area contributed by atoms with Gasteiger partial charge >= 0.3 is 6.18 Å². The Labute approximate surface area is 152 Å². The van der Waals surface area contributed by atoms with Crippen LogP contribution in [0.25, 0.3) is 5.52 Å². The maximum atomic E-state index is 12.6. The first-order valence-electron chi connectivity index (χ1n) is 7.90. The number of alkyl halides is 3. The molecule has 2 aromatic heterocycles. The lowest BCUT2D eigenvalue weighted by Gasteiger charge is -2.09. The van der Waals surface area contributed by atoms with Gasteiger partial charge in [0.25, 0.3) is 5.91 Å². The lowest BCUT2D eigenvalue weighted by molar-refractivity contribution is -0.137. The second-order valence-electron chi connectivity index (χ2n) is 5.73. The summed E-state index contributed by atoms with van der Waals surface area (Å²) in [6.07, 6.45) is -2.15. The zero-order valence-corrected chi connectivity index (χ0v) is 14.5. The SMILES string of the molecule is CCc1nn2ccc(Cl)cc2c1C(=O)NCc1ccc(C(F)(F)F)cc1. The molecule has 26 heavy (non-hydrogen) atoms. The van der Waals surface area contributed by atoms with E-state index in [2.05, 4.69) is 10.4 Å². The number of nitrogens with zero attached hydrogens (tertiary/aromatic N) is 2. The average Bonchev–Trinajstić information content (AvgIpc) is 2.97. The summed E-state index contributed by atoms with van der Waals surface area (Å²) >= 11 is 6.01. The summed E-state index contributed by atoms with van der Waals surface area (Å²) in [5, 5.41) is 7.57. The zero-order chi connectivity index (χ0) is 18.9. The first-order chi connectivity index (χ1) is 12.3. The van der Waals surface area contributed by atoms with E-state index in [0.717, 1.165) is 12.1 Å². The lowest BCUT2D eigenvalue weighted by atomic mass is 10.1. The highest BCUT2D eigenvalue weighted by Gasteiger charge is 2.29. The Hall–Kier alpha value is -2.54. The molecular weight excluding hydrogens is 367 g/mol. The van der Waals surface area contributed by atoms with Crippen molar-refractivity contribution in [3.8, 4) is 0 Å². The average molecular weight is 382 g/mol. The first kappa shape index (κ1) is 18.3. The largest absolute Gasteiger partial charge is 0.416 e. The topological polar surface area (TPSA) is 46.4 Å². The Balaban J connectivity index is 1.80. The van der Waals surface area contributed by atoms with Crippen molar-refractivity contribution in [2.24, 2.45) is 0 Å². The van der Waals surface area contributed by atoms with E-state index in [1.165, 1.54) is 12.1 Å². The molecule has 8 heteroatoms. The third-order valence-electron chi connectivity index (χ3n) is 3.97. The van der Waals surface area contributed by atoms with Gasteiger partial charge in [0.2, 0.25) is 0 Å². The smallest absolute Gasteiger partial charge is 0.348 e. The van der Waals surface area contributed by atoms with Gasteiger partial charge in [0.15, 0.2) is 0 Å². The highest BCUT2D eigenvalue weighted by Crippen LogP contribution is 2.29. The summed E-state index contributed by atoms with van der Waals surface area (Å²) in [5.74, 6) is -0.348. The Morgan fingerprint density at radius 3 is 2.54 bits per heavy atom. The molecule has 1 aromatic carbocycles. The van der Waals surface area contributed by atoms with Crippen molar-refractivity contribution >= 4 is 23.0 Å². The second-order valence-corrected chi connectivity index (χ2v) is 6.16. The van der Waals surface area contributed by atoms with Crippen molar-refractivity contribution in [1.82, 2.24) is 14.9 Å². The molecule has 0 aliphatic rings. The highest BCUT2D eigenvalue weighted by molar-refractivity contribution is 6.31. The van der Waals surface area contributed by atoms with Crippen LogP contribution < -0.4 is 5.32 Å². The molecule has 0 unspecified atom stereocenters. The van der Waals surface area contributed by atoms with E-state index in [1.807, 2.05) is 6.92 Å². The molecule has 1 amide bonds. The van der Waals surface area contributed by atoms with Crippen LogP contribution in [-0.4, -0.2) is 15.5 Å². The molecular formula is C18H15ClF3N3O. The molecule has 4 nitrogen and oxygen atoms in total. The van der Waals surface area contributed by atoms with Crippen molar-refractivity contribution < 1.29 is 18.0 Å². The van der Waals surface area contributed by atoms with Gasteiger partial charge in [-0.2, -0.15) is 18.3 Å². The third kappa shape index (κ3) is 3.67. The fourth-order valence-electron chi connectivity index (χ4n) is 2.65. The van der Waals surface area contributed by atoms with Crippen molar-refractivity contribution in [3.05, 3.63) is 70.0 Å². The van der Waals surface area contributed by atoms with Crippen LogP contribution in [0.5, 0.6) is 0 Å². The Morgan fingerprint density at radius 2 is 1.92 bits per heavy atom. The fraction of sp³-hybridized carbons (Fsp3) is 0.222. The normalized spacial score (nSPS) is 11.7. The molecule has 3 rings (SSSR count). The number of hydrogen-bond donors (Lipinski definition) is 1. The van der Waals surface area contributed by atoms with Crippen LogP contribution >= 0.6 is 11.6 Å². The molecule has 3 aromatic rings. The van der Waals surface area contributed by atoms with Crippen molar-refractivity contribution in [3.63, 3.8) is 0 Å². The van der Waals surface area contributed by atoms with Crippen LogP contribution in [0.4, 0.5) is 13.2 Å². The number of pyridine rings is 1. The molecule has 0 radical (unpaired) electrons. The van der Waals surface area contributed by atoms with Crippen LogP contribution in [-0.2, 0) is 19.1 Å². The molecule has 0 fully saturated rings. The molecule has 0 atom stereocenters. The molecule has 0 aliphatic carbocycles. The van der Waals surface area contributed by atoms with Crippen molar-refractivity contribution in [1.29, 1.82) is 0 Å². The third-order valence-corrected chi connectivity index (χ3v) is 4.20. The standard InChI is InChI=1S/C18H15ClF3N3O/c1-2-14-16(15-9-13(19)7-8-25(15)24-14)17(26)23-10-11-3-5-12(6-4-11)18(20,21)22/h3-9H,2,10H2,1H3,(H,23,26). The molecule has 0 spiro atoms. The molecule has 0 aliphatic heterocycles. The number of hydrogen-bond acceptors (Lipinski definition) is 2. The van der Waals surface area contributed by atoms with Crippen LogP contribution in [0, 0.1) is 0 Å². The number of nitrogens with one attached hydrogen (secondary N) is 1. The zero-order valence-electron chi connectivity index (χ0n) is 13.8. The van der Waals surface area contributed by atoms with Crippen LogP contribution in [0.1, 0.15) is 34.1 Å². The Morgan fingerprint density at radius 1 is 1.23 bits per heavy atom. The van der Waals surface area contributed by atoms with Crippen LogP contribution in [0.2, 0.25) is 5.02 Å². The van der Waals surface area contributed by atoms with Crippen molar-refractivity contribution in [2.75, 3.05) is 0 Å². The molecule has 0 saturated carbocycles.